The van der Waals surface area contributed by atoms with Crippen molar-refractivity contribution >= 4 is 11.8 Å². The van der Waals surface area contributed by atoms with Gasteiger partial charge in [-0.1, -0.05) is 0 Å². The summed E-state index contributed by atoms with van der Waals surface area (Å²) in [6.45, 7) is 0.900. The molecule has 2 amide bonds. The van der Waals surface area contributed by atoms with Gasteiger partial charge >= 0.3 is 11.8 Å². The van der Waals surface area contributed by atoms with Crippen LogP contribution in [0.5, 0.6) is 5.75 Å². The molecule has 0 aromatic heterocycles. The SMILES string of the molecule is NCC1CC(F)(CNC(=O)C(=O)N2CCCC(c3cc(O)cc(F)c3)C2)C1. The highest BCUT2D eigenvalue weighted by atomic mass is 19.1. The molecule has 0 radical (unpaired) electrons. The van der Waals surface area contributed by atoms with E-state index in [9.17, 15) is 23.5 Å². The summed E-state index contributed by atoms with van der Waals surface area (Å²) in [5.74, 6) is -2.29. The molecule has 0 spiro atoms. The van der Waals surface area contributed by atoms with E-state index in [4.69, 9.17) is 5.73 Å². The van der Waals surface area contributed by atoms with Crippen molar-refractivity contribution in [1.29, 1.82) is 0 Å². The fourth-order valence-corrected chi connectivity index (χ4v) is 4.01. The molecular weight excluding hydrogens is 356 g/mol. The second-order valence-electron chi connectivity index (χ2n) is 7.68. The van der Waals surface area contributed by atoms with Crippen LogP contribution in [0.25, 0.3) is 0 Å². The van der Waals surface area contributed by atoms with Gasteiger partial charge in [0.1, 0.15) is 17.2 Å². The summed E-state index contributed by atoms with van der Waals surface area (Å²) < 4.78 is 27.8. The van der Waals surface area contributed by atoms with Gasteiger partial charge in [0.15, 0.2) is 0 Å². The van der Waals surface area contributed by atoms with E-state index in [1.54, 1.807) is 0 Å². The summed E-state index contributed by atoms with van der Waals surface area (Å²) >= 11 is 0. The van der Waals surface area contributed by atoms with Crippen LogP contribution in [0.3, 0.4) is 0 Å². The average molecular weight is 381 g/mol. The van der Waals surface area contributed by atoms with Gasteiger partial charge in [0.05, 0.1) is 6.54 Å². The van der Waals surface area contributed by atoms with Gasteiger partial charge in [0.25, 0.3) is 0 Å². The van der Waals surface area contributed by atoms with Gasteiger partial charge in [0.2, 0.25) is 0 Å². The second kappa shape index (κ2) is 7.80. The van der Waals surface area contributed by atoms with Gasteiger partial charge in [-0.25, -0.2) is 8.78 Å². The molecule has 2 aliphatic rings. The Morgan fingerprint density at radius 3 is 2.74 bits per heavy atom. The van der Waals surface area contributed by atoms with E-state index in [0.29, 0.717) is 37.9 Å². The van der Waals surface area contributed by atoms with Crippen LogP contribution in [0.2, 0.25) is 0 Å². The normalized spacial score (nSPS) is 27.7. The Balaban J connectivity index is 1.55. The van der Waals surface area contributed by atoms with Crippen molar-refractivity contribution in [3.63, 3.8) is 0 Å². The average Bonchev–Trinajstić information content (AvgIpc) is 2.62. The van der Waals surface area contributed by atoms with Crippen LogP contribution in [-0.2, 0) is 9.59 Å². The molecule has 1 atom stereocenters. The number of likely N-dealkylation sites (tertiary alicyclic amines) is 1. The van der Waals surface area contributed by atoms with Crippen molar-refractivity contribution in [3.05, 3.63) is 29.6 Å². The molecule has 2 fully saturated rings. The predicted molar refractivity (Wildman–Crippen MR) is 95.2 cm³/mol. The third kappa shape index (κ3) is 4.55. The summed E-state index contributed by atoms with van der Waals surface area (Å²) in [6, 6.07) is 3.82. The number of piperidine rings is 1. The summed E-state index contributed by atoms with van der Waals surface area (Å²) in [5, 5.41) is 12.0. The molecule has 4 N–H and O–H groups in total. The number of amides is 2. The number of nitrogens with two attached hydrogens (primary N) is 1. The number of benzene rings is 1. The van der Waals surface area contributed by atoms with Crippen LogP contribution in [0.4, 0.5) is 8.78 Å². The molecule has 1 unspecified atom stereocenters. The first kappa shape index (κ1) is 19.5. The van der Waals surface area contributed by atoms with Gasteiger partial charge in [-0.05, 0) is 55.8 Å². The number of phenols is 1. The smallest absolute Gasteiger partial charge is 0.311 e. The van der Waals surface area contributed by atoms with Crippen LogP contribution >= 0.6 is 0 Å². The zero-order chi connectivity index (χ0) is 19.6. The Labute approximate surface area is 156 Å². The number of hydrogen-bond acceptors (Lipinski definition) is 4. The van der Waals surface area contributed by atoms with Gasteiger partial charge in [-0.2, -0.15) is 0 Å². The number of phenolic OH excluding ortho intramolecular Hbond substituents is 1. The molecule has 1 heterocycles. The van der Waals surface area contributed by atoms with Crippen molar-refractivity contribution in [1.82, 2.24) is 10.2 Å². The van der Waals surface area contributed by atoms with Gasteiger partial charge in [-0.15, -0.1) is 0 Å². The molecule has 148 valence electrons. The molecular formula is C19H25F2N3O3. The van der Waals surface area contributed by atoms with E-state index < -0.39 is 23.3 Å². The highest BCUT2D eigenvalue weighted by Gasteiger charge is 2.44. The van der Waals surface area contributed by atoms with Crippen molar-refractivity contribution in [2.45, 2.75) is 37.3 Å². The molecule has 6 nitrogen and oxygen atoms in total. The second-order valence-corrected chi connectivity index (χ2v) is 7.68. The fourth-order valence-electron chi connectivity index (χ4n) is 4.01. The number of carbonyl (C=O) groups excluding carboxylic acids is 2. The third-order valence-corrected chi connectivity index (χ3v) is 5.49. The topological polar surface area (TPSA) is 95.7 Å². The van der Waals surface area contributed by atoms with E-state index in [-0.39, 0.29) is 30.7 Å². The molecule has 8 heteroatoms. The fraction of sp³-hybridized carbons (Fsp3) is 0.579. The van der Waals surface area contributed by atoms with Gasteiger partial charge in [-0.3, -0.25) is 9.59 Å². The number of carbonyl (C=O) groups is 2. The molecule has 1 saturated heterocycles. The quantitative estimate of drug-likeness (QED) is 0.688. The lowest BCUT2D eigenvalue weighted by Gasteiger charge is -2.41. The Kier molecular flexibility index (Phi) is 5.64. The minimum absolute atomic E-state index is 0.133. The molecule has 0 bridgehead atoms. The maximum Gasteiger partial charge on any atom is 0.311 e. The van der Waals surface area contributed by atoms with Crippen LogP contribution in [0, 0.1) is 11.7 Å². The number of aromatic hydroxyl groups is 1. The van der Waals surface area contributed by atoms with E-state index in [1.807, 2.05) is 0 Å². The molecule has 1 aliphatic carbocycles. The Morgan fingerprint density at radius 1 is 1.33 bits per heavy atom. The summed E-state index contributed by atoms with van der Waals surface area (Å²) in [7, 11) is 0. The number of nitrogens with one attached hydrogen (secondary N) is 1. The number of halogens is 2. The largest absolute Gasteiger partial charge is 0.508 e. The highest BCUT2D eigenvalue weighted by Crippen LogP contribution is 2.40. The van der Waals surface area contributed by atoms with Gasteiger partial charge < -0.3 is 21.1 Å². The van der Waals surface area contributed by atoms with Crippen molar-refractivity contribution < 1.29 is 23.5 Å². The zero-order valence-electron chi connectivity index (χ0n) is 15.1. The first-order valence-electron chi connectivity index (χ1n) is 9.25. The summed E-state index contributed by atoms with van der Waals surface area (Å²) in [5.41, 5.74) is 4.59. The summed E-state index contributed by atoms with van der Waals surface area (Å²) in [4.78, 5) is 25.9. The van der Waals surface area contributed by atoms with Crippen LogP contribution in [-0.4, -0.2) is 53.7 Å². The van der Waals surface area contributed by atoms with Crippen LogP contribution < -0.4 is 11.1 Å². The predicted octanol–water partition coefficient (Wildman–Crippen LogP) is 1.43. The number of rotatable bonds is 4. The number of alkyl halides is 1. The molecule has 1 aromatic carbocycles. The molecule has 27 heavy (non-hydrogen) atoms. The maximum absolute atomic E-state index is 14.3. The van der Waals surface area contributed by atoms with Crippen molar-refractivity contribution in [2.24, 2.45) is 11.7 Å². The third-order valence-electron chi connectivity index (χ3n) is 5.49. The minimum atomic E-state index is -1.48. The maximum atomic E-state index is 14.3. The monoisotopic (exact) mass is 381 g/mol. The first-order valence-corrected chi connectivity index (χ1v) is 9.25. The van der Waals surface area contributed by atoms with E-state index in [0.717, 1.165) is 12.5 Å². The standard InChI is InChI=1S/C19H25F2N3O3/c20-15-4-14(5-16(25)6-15)13-2-1-3-24(10-13)18(27)17(26)23-11-19(21)7-12(8-19)9-22/h4-6,12-13,25H,1-3,7-11,22H2,(H,23,26). The van der Waals surface area contributed by atoms with E-state index in [1.165, 1.54) is 17.0 Å². The molecule has 1 aliphatic heterocycles. The van der Waals surface area contributed by atoms with Crippen molar-refractivity contribution in [3.8, 4) is 5.75 Å². The summed E-state index contributed by atoms with van der Waals surface area (Å²) in [6.07, 6.45) is 1.98. The van der Waals surface area contributed by atoms with Crippen LogP contribution in [0.1, 0.15) is 37.2 Å². The first-order chi connectivity index (χ1) is 12.8. The van der Waals surface area contributed by atoms with E-state index in [2.05, 4.69) is 5.32 Å². The minimum Gasteiger partial charge on any atom is -0.508 e. The lowest BCUT2D eigenvalue weighted by Crippen LogP contribution is -2.53. The zero-order valence-corrected chi connectivity index (χ0v) is 15.1. The molecule has 1 aromatic rings. The van der Waals surface area contributed by atoms with Crippen molar-refractivity contribution in [2.75, 3.05) is 26.2 Å². The molecule has 3 rings (SSSR count). The Hall–Kier alpha value is -2.22. The Morgan fingerprint density at radius 2 is 2.07 bits per heavy atom. The lowest BCUT2D eigenvalue weighted by atomic mass is 9.72. The van der Waals surface area contributed by atoms with E-state index >= 15 is 0 Å². The highest BCUT2D eigenvalue weighted by molar-refractivity contribution is 6.35. The molecule has 1 saturated carbocycles. The van der Waals surface area contributed by atoms with Crippen LogP contribution in [0.15, 0.2) is 18.2 Å². The number of hydrogen-bond donors (Lipinski definition) is 3. The number of nitrogens with zero attached hydrogens (tertiary/aromatic N) is 1. The lowest BCUT2D eigenvalue weighted by molar-refractivity contribution is -0.147. The Bertz CT molecular complexity index is 702. The van der Waals surface area contributed by atoms with Gasteiger partial charge in [0, 0.05) is 25.1 Å².